The predicted molar refractivity (Wildman–Crippen MR) is 107 cm³/mol. The molecule has 2 aromatic heterocycles. The average Bonchev–Trinajstić information content (AvgIpc) is 3.03. The number of aromatic nitrogens is 2. The van der Waals surface area contributed by atoms with E-state index in [-0.39, 0.29) is 0 Å². The Morgan fingerprint density at radius 1 is 1.00 bits per heavy atom. The molecule has 0 aliphatic carbocycles. The monoisotopic (exact) mass is 365 g/mol. The van der Waals surface area contributed by atoms with Gasteiger partial charge in [-0.3, -0.25) is 0 Å². The Hall–Kier alpha value is -2.43. The van der Waals surface area contributed by atoms with E-state index in [1.54, 1.807) is 17.7 Å². The fourth-order valence-corrected chi connectivity index (χ4v) is 3.90. The van der Waals surface area contributed by atoms with E-state index in [2.05, 4.69) is 52.7 Å². The Kier molecular flexibility index (Phi) is 4.15. The van der Waals surface area contributed by atoms with Gasteiger partial charge >= 0.3 is 0 Å². The summed E-state index contributed by atoms with van der Waals surface area (Å²) < 4.78 is 0. The number of nitrogens with zero attached hydrogens (tertiary/aromatic N) is 2. The van der Waals surface area contributed by atoms with Crippen LogP contribution in [0.4, 0.5) is 11.5 Å². The van der Waals surface area contributed by atoms with Crippen LogP contribution in [0.5, 0.6) is 0 Å². The van der Waals surface area contributed by atoms with Gasteiger partial charge in [0.1, 0.15) is 17.0 Å². The molecule has 0 bridgehead atoms. The summed E-state index contributed by atoms with van der Waals surface area (Å²) in [6.07, 6.45) is 1.59. The normalized spacial score (nSPS) is 11.0. The summed E-state index contributed by atoms with van der Waals surface area (Å²) in [6.45, 7) is 4.26. The highest BCUT2D eigenvalue weighted by Crippen LogP contribution is 2.38. The molecule has 5 heteroatoms. The second kappa shape index (κ2) is 6.47. The summed E-state index contributed by atoms with van der Waals surface area (Å²) in [6, 6.07) is 14.2. The summed E-state index contributed by atoms with van der Waals surface area (Å²) in [5.41, 5.74) is 5.80. The second-order valence-electron chi connectivity index (χ2n) is 5.99. The first kappa shape index (κ1) is 16.1. The van der Waals surface area contributed by atoms with Gasteiger partial charge in [0.2, 0.25) is 0 Å². The molecule has 0 spiro atoms. The van der Waals surface area contributed by atoms with E-state index in [0.717, 1.165) is 27.3 Å². The molecule has 3 nitrogen and oxygen atoms in total. The maximum atomic E-state index is 6.10. The zero-order chi connectivity index (χ0) is 17.4. The number of halogens is 1. The molecule has 0 saturated heterocycles. The quantitative estimate of drug-likeness (QED) is 0.458. The highest BCUT2D eigenvalue weighted by molar-refractivity contribution is 7.17. The lowest BCUT2D eigenvalue weighted by atomic mass is 10.0. The Balaban J connectivity index is 1.85. The van der Waals surface area contributed by atoms with Crippen molar-refractivity contribution in [1.29, 1.82) is 0 Å². The van der Waals surface area contributed by atoms with Gasteiger partial charge in [-0.15, -0.1) is 11.3 Å². The highest BCUT2D eigenvalue weighted by Gasteiger charge is 2.14. The van der Waals surface area contributed by atoms with Crippen molar-refractivity contribution in [2.45, 2.75) is 13.8 Å². The van der Waals surface area contributed by atoms with Gasteiger partial charge in [-0.1, -0.05) is 35.9 Å². The predicted octanol–water partition coefficient (Wildman–Crippen LogP) is 6.37. The molecule has 4 aromatic rings. The zero-order valence-corrected chi connectivity index (χ0v) is 15.4. The van der Waals surface area contributed by atoms with E-state index >= 15 is 0 Å². The number of hydrogen-bond acceptors (Lipinski definition) is 4. The van der Waals surface area contributed by atoms with Gasteiger partial charge in [0, 0.05) is 21.7 Å². The fourth-order valence-electron chi connectivity index (χ4n) is 2.79. The van der Waals surface area contributed by atoms with Crippen LogP contribution in [-0.4, -0.2) is 9.97 Å². The van der Waals surface area contributed by atoms with Crippen molar-refractivity contribution in [3.8, 4) is 11.1 Å². The van der Waals surface area contributed by atoms with Crippen LogP contribution >= 0.6 is 22.9 Å². The van der Waals surface area contributed by atoms with Crippen LogP contribution in [0.25, 0.3) is 21.3 Å². The van der Waals surface area contributed by atoms with Crippen molar-refractivity contribution in [2.24, 2.45) is 0 Å². The van der Waals surface area contributed by atoms with Crippen molar-refractivity contribution < 1.29 is 0 Å². The first-order valence-corrected chi connectivity index (χ1v) is 9.20. The van der Waals surface area contributed by atoms with E-state index in [1.165, 1.54) is 16.7 Å². The van der Waals surface area contributed by atoms with E-state index in [4.69, 9.17) is 11.6 Å². The molecule has 0 atom stereocenters. The van der Waals surface area contributed by atoms with Crippen molar-refractivity contribution in [1.82, 2.24) is 9.97 Å². The molecule has 0 aliphatic rings. The van der Waals surface area contributed by atoms with Crippen LogP contribution in [0.1, 0.15) is 11.1 Å². The largest absolute Gasteiger partial charge is 0.340 e. The third kappa shape index (κ3) is 3.11. The second-order valence-corrected chi connectivity index (χ2v) is 7.28. The van der Waals surface area contributed by atoms with E-state index in [0.29, 0.717) is 5.02 Å². The van der Waals surface area contributed by atoms with Gasteiger partial charge in [-0.2, -0.15) is 0 Å². The molecule has 0 saturated carbocycles. The molecule has 25 heavy (non-hydrogen) atoms. The first-order valence-electron chi connectivity index (χ1n) is 7.94. The molecule has 0 fully saturated rings. The van der Waals surface area contributed by atoms with Gasteiger partial charge in [0.05, 0.1) is 5.39 Å². The molecule has 0 aliphatic heterocycles. The zero-order valence-electron chi connectivity index (χ0n) is 13.9. The summed E-state index contributed by atoms with van der Waals surface area (Å²) in [5.74, 6) is 0.793. The Morgan fingerprint density at radius 2 is 1.88 bits per heavy atom. The Morgan fingerprint density at radius 3 is 2.68 bits per heavy atom. The molecule has 2 heterocycles. The number of fused-ring (bicyclic) bond motifs is 1. The number of nitrogens with one attached hydrogen (secondary N) is 1. The summed E-state index contributed by atoms with van der Waals surface area (Å²) in [4.78, 5) is 9.87. The summed E-state index contributed by atoms with van der Waals surface area (Å²) >= 11 is 7.73. The van der Waals surface area contributed by atoms with Gasteiger partial charge in [0.25, 0.3) is 0 Å². The minimum atomic E-state index is 0.690. The van der Waals surface area contributed by atoms with Crippen molar-refractivity contribution >= 4 is 44.7 Å². The standard InChI is InChI=1S/C20H16ClN3S/c1-12-6-7-14(8-13(12)2)17-10-25-20-18(17)19(22-11-23-20)24-16-5-3-4-15(21)9-16/h3-11H,1-2H3,(H,22,23,24). The molecule has 4 rings (SSSR count). The fraction of sp³-hybridized carbons (Fsp3) is 0.100. The number of aryl methyl sites for hydroxylation is 2. The third-order valence-electron chi connectivity index (χ3n) is 4.28. The highest BCUT2D eigenvalue weighted by atomic mass is 35.5. The minimum Gasteiger partial charge on any atom is -0.340 e. The first-order chi connectivity index (χ1) is 12.1. The lowest BCUT2D eigenvalue weighted by molar-refractivity contribution is 1.23. The van der Waals surface area contributed by atoms with Gasteiger partial charge in [0.15, 0.2) is 0 Å². The van der Waals surface area contributed by atoms with Crippen LogP contribution in [0.3, 0.4) is 0 Å². The van der Waals surface area contributed by atoms with Crippen LogP contribution < -0.4 is 5.32 Å². The SMILES string of the molecule is Cc1ccc(-c2csc3ncnc(Nc4cccc(Cl)c4)c23)cc1C. The average molecular weight is 366 g/mol. The van der Waals surface area contributed by atoms with Gasteiger partial charge in [-0.25, -0.2) is 9.97 Å². The number of hydrogen-bond donors (Lipinski definition) is 1. The van der Waals surface area contributed by atoms with Crippen molar-refractivity contribution in [3.63, 3.8) is 0 Å². The van der Waals surface area contributed by atoms with E-state index in [1.807, 2.05) is 24.3 Å². The van der Waals surface area contributed by atoms with Crippen molar-refractivity contribution in [2.75, 3.05) is 5.32 Å². The molecular weight excluding hydrogens is 350 g/mol. The van der Waals surface area contributed by atoms with Crippen LogP contribution in [0, 0.1) is 13.8 Å². The number of thiophene rings is 1. The van der Waals surface area contributed by atoms with Crippen LogP contribution in [0.2, 0.25) is 5.02 Å². The maximum Gasteiger partial charge on any atom is 0.143 e. The molecule has 1 N–H and O–H groups in total. The number of rotatable bonds is 3. The molecule has 124 valence electrons. The molecule has 2 aromatic carbocycles. The van der Waals surface area contributed by atoms with E-state index < -0.39 is 0 Å². The number of anilines is 2. The van der Waals surface area contributed by atoms with Crippen LogP contribution in [0.15, 0.2) is 54.2 Å². The molecule has 0 unspecified atom stereocenters. The lowest BCUT2D eigenvalue weighted by Gasteiger charge is -2.09. The van der Waals surface area contributed by atoms with Gasteiger partial charge in [-0.05, 0) is 48.7 Å². The van der Waals surface area contributed by atoms with Crippen LogP contribution in [-0.2, 0) is 0 Å². The maximum absolute atomic E-state index is 6.10. The molecule has 0 radical (unpaired) electrons. The molecular formula is C20H16ClN3S. The minimum absolute atomic E-state index is 0.690. The smallest absolute Gasteiger partial charge is 0.143 e. The van der Waals surface area contributed by atoms with Gasteiger partial charge < -0.3 is 5.32 Å². The van der Waals surface area contributed by atoms with E-state index in [9.17, 15) is 0 Å². The Bertz CT molecular complexity index is 1070. The number of benzene rings is 2. The Labute approximate surface area is 155 Å². The summed E-state index contributed by atoms with van der Waals surface area (Å²) in [5, 5.41) is 7.25. The topological polar surface area (TPSA) is 37.8 Å². The third-order valence-corrected chi connectivity index (χ3v) is 5.40. The molecule has 0 amide bonds. The van der Waals surface area contributed by atoms with Crippen molar-refractivity contribution in [3.05, 3.63) is 70.3 Å². The summed E-state index contributed by atoms with van der Waals surface area (Å²) in [7, 11) is 0. The lowest BCUT2D eigenvalue weighted by Crippen LogP contribution is -1.95.